The Bertz CT molecular complexity index is 726. The highest BCUT2D eigenvalue weighted by molar-refractivity contribution is 6.35. The first-order valence-electron chi connectivity index (χ1n) is 8.75. The van der Waals surface area contributed by atoms with Gasteiger partial charge in [-0.25, -0.2) is 0 Å². The van der Waals surface area contributed by atoms with Gasteiger partial charge in [-0.05, 0) is 36.8 Å². The molecule has 0 aliphatic heterocycles. The number of amides is 2. The van der Waals surface area contributed by atoms with Gasteiger partial charge in [0.2, 0.25) is 0 Å². The molecule has 1 aliphatic rings. The van der Waals surface area contributed by atoms with E-state index in [2.05, 4.69) is 5.32 Å². The van der Waals surface area contributed by atoms with Crippen LogP contribution >= 0.6 is 0 Å². The average Bonchev–Trinajstić information content (AvgIpc) is 3.50. The molecule has 0 radical (unpaired) electrons. The van der Waals surface area contributed by atoms with Gasteiger partial charge in [0, 0.05) is 7.05 Å². The van der Waals surface area contributed by atoms with E-state index in [0.717, 1.165) is 24.0 Å². The maximum absolute atomic E-state index is 12.6. The topological polar surface area (TPSA) is 49.4 Å². The summed E-state index contributed by atoms with van der Waals surface area (Å²) in [5.74, 6) is -0.611. The van der Waals surface area contributed by atoms with Crippen molar-refractivity contribution in [2.75, 3.05) is 7.05 Å². The lowest BCUT2D eigenvalue weighted by molar-refractivity contribution is -0.146. The number of rotatable bonds is 5. The number of likely N-dealkylation sites (N-methyl/N-ethyl adjacent to an activating group) is 1. The molecule has 2 amide bonds. The van der Waals surface area contributed by atoms with Crippen molar-refractivity contribution in [1.29, 1.82) is 0 Å². The molecule has 0 unspecified atom stereocenters. The van der Waals surface area contributed by atoms with Crippen LogP contribution in [0.1, 0.15) is 43.0 Å². The first-order valence-corrected chi connectivity index (χ1v) is 8.75. The molecule has 2 atom stereocenters. The zero-order valence-corrected chi connectivity index (χ0v) is 14.7. The Morgan fingerprint density at radius 3 is 2.00 bits per heavy atom. The number of benzene rings is 2. The highest BCUT2D eigenvalue weighted by Crippen LogP contribution is 2.40. The fourth-order valence-electron chi connectivity index (χ4n) is 3.06. The van der Waals surface area contributed by atoms with E-state index in [0.29, 0.717) is 5.92 Å². The van der Waals surface area contributed by atoms with Crippen molar-refractivity contribution >= 4 is 11.8 Å². The molecule has 1 N–H and O–H groups in total. The van der Waals surface area contributed by atoms with Crippen LogP contribution in [-0.4, -0.2) is 23.8 Å². The molecule has 130 valence electrons. The first kappa shape index (κ1) is 17.2. The van der Waals surface area contributed by atoms with Crippen molar-refractivity contribution in [1.82, 2.24) is 10.2 Å². The van der Waals surface area contributed by atoms with E-state index in [9.17, 15) is 9.59 Å². The largest absolute Gasteiger partial charge is 0.341 e. The number of carbonyl (C=O) groups is 2. The third kappa shape index (κ3) is 4.08. The standard InChI is InChI=1S/C21H24N2O2/c1-15(16-9-5-3-6-10-16)23(2)21(25)20(24)22-19(18-13-14-18)17-11-7-4-8-12-17/h3-12,15,18-19H,13-14H2,1-2H3,(H,22,24)/t15-,19+/m1/s1. The zero-order chi connectivity index (χ0) is 17.8. The molecular weight excluding hydrogens is 312 g/mol. The summed E-state index contributed by atoms with van der Waals surface area (Å²) in [6, 6.07) is 19.4. The van der Waals surface area contributed by atoms with Crippen molar-refractivity contribution in [3.8, 4) is 0 Å². The molecule has 2 aromatic rings. The summed E-state index contributed by atoms with van der Waals surface area (Å²) in [6.07, 6.45) is 2.18. The molecule has 1 fully saturated rings. The summed E-state index contributed by atoms with van der Waals surface area (Å²) in [7, 11) is 1.67. The molecule has 0 spiro atoms. The lowest BCUT2D eigenvalue weighted by atomic mass is 10.0. The third-order valence-electron chi connectivity index (χ3n) is 4.92. The van der Waals surface area contributed by atoms with Gasteiger partial charge in [-0.3, -0.25) is 9.59 Å². The predicted octanol–water partition coefficient (Wildman–Crippen LogP) is 3.47. The van der Waals surface area contributed by atoms with Crippen LogP contribution in [0.2, 0.25) is 0 Å². The summed E-state index contributed by atoms with van der Waals surface area (Å²) in [5.41, 5.74) is 2.07. The molecule has 4 nitrogen and oxygen atoms in total. The van der Waals surface area contributed by atoms with Gasteiger partial charge in [0.25, 0.3) is 0 Å². The highest BCUT2D eigenvalue weighted by atomic mass is 16.2. The van der Waals surface area contributed by atoms with Gasteiger partial charge in [0.1, 0.15) is 0 Å². The third-order valence-corrected chi connectivity index (χ3v) is 4.92. The van der Waals surface area contributed by atoms with Crippen LogP contribution in [0.5, 0.6) is 0 Å². The van der Waals surface area contributed by atoms with E-state index in [4.69, 9.17) is 0 Å². The van der Waals surface area contributed by atoms with Crippen molar-refractivity contribution in [2.45, 2.75) is 31.8 Å². The van der Waals surface area contributed by atoms with Gasteiger partial charge < -0.3 is 10.2 Å². The lowest BCUT2D eigenvalue weighted by Gasteiger charge is -2.26. The molecule has 3 rings (SSSR count). The van der Waals surface area contributed by atoms with Gasteiger partial charge in [-0.2, -0.15) is 0 Å². The number of nitrogens with one attached hydrogen (secondary N) is 1. The first-order chi connectivity index (χ1) is 12.1. The zero-order valence-electron chi connectivity index (χ0n) is 14.7. The molecular formula is C21H24N2O2. The Labute approximate surface area is 148 Å². The molecule has 0 heterocycles. The predicted molar refractivity (Wildman–Crippen MR) is 97.7 cm³/mol. The van der Waals surface area contributed by atoms with Gasteiger partial charge >= 0.3 is 11.8 Å². The van der Waals surface area contributed by atoms with Crippen LogP contribution in [0, 0.1) is 5.92 Å². The van der Waals surface area contributed by atoms with Crippen LogP contribution in [0.25, 0.3) is 0 Å². The second-order valence-electron chi connectivity index (χ2n) is 6.70. The van der Waals surface area contributed by atoms with Crippen LogP contribution in [0.15, 0.2) is 60.7 Å². The summed E-state index contributed by atoms with van der Waals surface area (Å²) >= 11 is 0. The molecule has 0 aromatic heterocycles. The fourth-order valence-corrected chi connectivity index (χ4v) is 3.06. The van der Waals surface area contributed by atoms with Crippen LogP contribution in [0.3, 0.4) is 0 Å². The van der Waals surface area contributed by atoms with Crippen LogP contribution in [-0.2, 0) is 9.59 Å². The van der Waals surface area contributed by atoms with Crippen molar-refractivity contribution in [3.05, 3.63) is 71.8 Å². The Balaban J connectivity index is 1.68. The monoisotopic (exact) mass is 336 g/mol. The number of hydrogen-bond acceptors (Lipinski definition) is 2. The average molecular weight is 336 g/mol. The minimum absolute atomic E-state index is 0.0851. The molecule has 0 saturated heterocycles. The number of hydrogen-bond donors (Lipinski definition) is 1. The molecule has 2 aromatic carbocycles. The van der Waals surface area contributed by atoms with E-state index in [1.807, 2.05) is 67.6 Å². The van der Waals surface area contributed by atoms with Crippen LogP contribution in [0.4, 0.5) is 0 Å². The lowest BCUT2D eigenvalue weighted by Crippen LogP contribution is -2.43. The van der Waals surface area contributed by atoms with E-state index in [-0.39, 0.29) is 12.1 Å². The second kappa shape index (κ2) is 7.51. The summed E-state index contributed by atoms with van der Waals surface area (Å²) in [6.45, 7) is 1.93. The van der Waals surface area contributed by atoms with Gasteiger partial charge in [0.15, 0.2) is 0 Å². The normalized spacial score (nSPS) is 15.9. The minimum Gasteiger partial charge on any atom is -0.341 e. The number of carbonyl (C=O) groups excluding carboxylic acids is 2. The maximum atomic E-state index is 12.6. The second-order valence-corrected chi connectivity index (χ2v) is 6.70. The van der Waals surface area contributed by atoms with Crippen molar-refractivity contribution < 1.29 is 9.59 Å². The van der Waals surface area contributed by atoms with Crippen LogP contribution < -0.4 is 5.32 Å². The SMILES string of the molecule is C[C@H](c1ccccc1)N(C)C(=O)C(=O)N[C@@H](c1ccccc1)C1CC1. The fraction of sp³-hybridized carbons (Fsp3) is 0.333. The van der Waals surface area contributed by atoms with Crippen molar-refractivity contribution in [2.24, 2.45) is 5.92 Å². The van der Waals surface area contributed by atoms with E-state index < -0.39 is 11.8 Å². The molecule has 25 heavy (non-hydrogen) atoms. The van der Waals surface area contributed by atoms with E-state index in [1.165, 1.54) is 4.90 Å². The molecule has 1 saturated carbocycles. The molecule has 1 aliphatic carbocycles. The van der Waals surface area contributed by atoms with Gasteiger partial charge in [-0.15, -0.1) is 0 Å². The quantitative estimate of drug-likeness (QED) is 0.850. The van der Waals surface area contributed by atoms with Gasteiger partial charge in [0.05, 0.1) is 12.1 Å². The number of nitrogens with zero attached hydrogens (tertiary/aromatic N) is 1. The highest BCUT2D eigenvalue weighted by Gasteiger charge is 2.35. The van der Waals surface area contributed by atoms with E-state index in [1.54, 1.807) is 7.05 Å². The van der Waals surface area contributed by atoms with E-state index >= 15 is 0 Å². The summed E-state index contributed by atoms with van der Waals surface area (Å²) < 4.78 is 0. The minimum atomic E-state index is -0.536. The smallest absolute Gasteiger partial charge is 0.312 e. The molecule has 0 bridgehead atoms. The Morgan fingerprint density at radius 1 is 0.960 bits per heavy atom. The van der Waals surface area contributed by atoms with Crippen molar-refractivity contribution in [3.63, 3.8) is 0 Å². The summed E-state index contributed by atoms with van der Waals surface area (Å²) in [5, 5.41) is 2.95. The Morgan fingerprint density at radius 2 is 1.48 bits per heavy atom. The summed E-state index contributed by atoms with van der Waals surface area (Å²) in [4.78, 5) is 26.6. The maximum Gasteiger partial charge on any atom is 0.312 e. The van der Waals surface area contributed by atoms with Gasteiger partial charge in [-0.1, -0.05) is 60.7 Å². The Hall–Kier alpha value is -2.62. The Kier molecular flexibility index (Phi) is 5.17. The molecule has 4 heteroatoms.